The molecule has 0 spiro atoms. The Kier molecular flexibility index (Phi) is 5.34. The average molecular weight is 322 g/mol. The Hall–Kier alpha value is -1.10. The van der Waals surface area contributed by atoms with Crippen molar-refractivity contribution in [2.75, 3.05) is 32.7 Å². The molecule has 3 rings (SSSR count). The van der Waals surface area contributed by atoms with Crippen molar-refractivity contribution in [2.45, 2.75) is 31.8 Å². The molecule has 2 fully saturated rings. The third-order valence-corrected chi connectivity index (χ3v) is 4.70. The summed E-state index contributed by atoms with van der Waals surface area (Å²) in [5.41, 5.74) is 1.27. The molecule has 0 radical (unpaired) electrons. The highest BCUT2D eigenvalue weighted by Crippen LogP contribution is 2.28. The molecule has 1 saturated carbocycles. The van der Waals surface area contributed by atoms with Gasteiger partial charge in [-0.2, -0.15) is 0 Å². The van der Waals surface area contributed by atoms with E-state index in [9.17, 15) is 4.79 Å². The highest BCUT2D eigenvalue weighted by molar-refractivity contribution is 6.30. The highest BCUT2D eigenvalue weighted by atomic mass is 35.5. The minimum absolute atomic E-state index is 0.295. The van der Waals surface area contributed by atoms with Crippen LogP contribution in [0.25, 0.3) is 0 Å². The molecule has 2 aliphatic rings. The van der Waals surface area contributed by atoms with E-state index in [0.29, 0.717) is 18.4 Å². The SMILES string of the molecule is O=C(CCN(Cc1ccc(Cl)cc1)C1CC1)N1CCNCC1. The number of nitrogens with one attached hydrogen (secondary N) is 1. The van der Waals surface area contributed by atoms with Crippen molar-refractivity contribution in [3.63, 3.8) is 0 Å². The summed E-state index contributed by atoms with van der Waals surface area (Å²) < 4.78 is 0. The van der Waals surface area contributed by atoms with Gasteiger partial charge in [-0.15, -0.1) is 0 Å². The summed E-state index contributed by atoms with van der Waals surface area (Å²) >= 11 is 5.94. The van der Waals surface area contributed by atoms with Crippen LogP contribution < -0.4 is 5.32 Å². The predicted molar refractivity (Wildman–Crippen MR) is 89.0 cm³/mol. The van der Waals surface area contributed by atoms with Crippen LogP contribution in [-0.2, 0) is 11.3 Å². The summed E-state index contributed by atoms with van der Waals surface area (Å²) in [7, 11) is 0. The summed E-state index contributed by atoms with van der Waals surface area (Å²) in [6, 6.07) is 8.69. The standard InChI is InChI=1S/C17H24ClN3O/c18-15-3-1-14(2-4-15)13-21(16-5-6-16)10-7-17(22)20-11-8-19-9-12-20/h1-4,16,19H,5-13H2. The van der Waals surface area contributed by atoms with Gasteiger partial charge >= 0.3 is 0 Å². The van der Waals surface area contributed by atoms with Crippen LogP contribution in [0.5, 0.6) is 0 Å². The highest BCUT2D eigenvalue weighted by Gasteiger charge is 2.29. The Balaban J connectivity index is 1.51. The van der Waals surface area contributed by atoms with Crippen molar-refractivity contribution in [2.24, 2.45) is 0 Å². The van der Waals surface area contributed by atoms with Crippen LogP contribution in [0.15, 0.2) is 24.3 Å². The van der Waals surface area contributed by atoms with Crippen LogP contribution in [-0.4, -0.2) is 54.5 Å². The van der Waals surface area contributed by atoms with E-state index >= 15 is 0 Å². The Morgan fingerprint density at radius 1 is 1.23 bits per heavy atom. The van der Waals surface area contributed by atoms with Crippen LogP contribution in [0.3, 0.4) is 0 Å². The van der Waals surface area contributed by atoms with E-state index in [-0.39, 0.29) is 0 Å². The lowest BCUT2D eigenvalue weighted by Crippen LogP contribution is -2.47. The lowest BCUT2D eigenvalue weighted by molar-refractivity contribution is -0.132. The molecule has 0 unspecified atom stereocenters. The van der Waals surface area contributed by atoms with Crippen molar-refractivity contribution in [3.8, 4) is 0 Å². The van der Waals surface area contributed by atoms with Crippen LogP contribution >= 0.6 is 11.6 Å². The zero-order valence-corrected chi connectivity index (χ0v) is 13.7. The fourth-order valence-corrected chi connectivity index (χ4v) is 3.09. The number of nitrogens with zero attached hydrogens (tertiary/aromatic N) is 2. The zero-order chi connectivity index (χ0) is 15.4. The fraction of sp³-hybridized carbons (Fsp3) is 0.588. The second kappa shape index (κ2) is 7.44. The number of hydrogen-bond donors (Lipinski definition) is 1. The van der Waals surface area contributed by atoms with Gasteiger partial charge in [-0.25, -0.2) is 0 Å². The predicted octanol–water partition coefficient (Wildman–Crippen LogP) is 2.13. The molecule has 1 N–H and O–H groups in total. The van der Waals surface area contributed by atoms with Gasteiger partial charge in [0.25, 0.3) is 0 Å². The monoisotopic (exact) mass is 321 g/mol. The van der Waals surface area contributed by atoms with E-state index in [1.807, 2.05) is 17.0 Å². The average Bonchev–Trinajstić information content (AvgIpc) is 3.38. The van der Waals surface area contributed by atoms with Gasteiger partial charge in [0.15, 0.2) is 0 Å². The topological polar surface area (TPSA) is 35.6 Å². The number of benzene rings is 1. The molecule has 1 aliphatic carbocycles. The van der Waals surface area contributed by atoms with E-state index in [0.717, 1.165) is 44.3 Å². The second-order valence-electron chi connectivity index (χ2n) is 6.21. The number of rotatable bonds is 6. The molecule has 1 amide bonds. The number of piperazine rings is 1. The molecule has 1 aromatic rings. The number of carbonyl (C=O) groups is 1. The van der Waals surface area contributed by atoms with Crippen molar-refractivity contribution in [1.82, 2.24) is 15.1 Å². The first-order valence-corrected chi connectivity index (χ1v) is 8.57. The third-order valence-electron chi connectivity index (χ3n) is 4.44. The van der Waals surface area contributed by atoms with Gasteiger partial charge in [-0.1, -0.05) is 23.7 Å². The van der Waals surface area contributed by atoms with Crippen molar-refractivity contribution in [1.29, 1.82) is 0 Å². The van der Waals surface area contributed by atoms with Crippen molar-refractivity contribution >= 4 is 17.5 Å². The first-order chi connectivity index (χ1) is 10.7. The molecule has 4 nitrogen and oxygen atoms in total. The van der Waals surface area contributed by atoms with Gasteiger partial charge in [0.1, 0.15) is 0 Å². The second-order valence-corrected chi connectivity index (χ2v) is 6.65. The van der Waals surface area contributed by atoms with Crippen LogP contribution in [0.1, 0.15) is 24.8 Å². The summed E-state index contributed by atoms with van der Waals surface area (Å²) in [5, 5.41) is 4.06. The molecule has 1 aromatic carbocycles. The lowest BCUT2D eigenvalue weighted by Gasteiger charge is -2.29. The Labute approximate surface area is 137 Å². The molecule has 1 saturated heterocycles. The minimum atomic E-state index is 0.295. The van der Waals surface area contributed by atoms with Gasteiger partial charge in [-0.3, -0.25) is 9.69 Å². The summed E-state index contributed by atoms with van der Waals surface area (Å²) in [4.78, 5) is 16.7. The summed E-state index contributed by atoms with van der Waals surface area (Å²) in [6.45, 7) is 5.30. The maximum atomic E-state index is 12.3. The van der Waals surface area contributed by atoms with E-state index < -0.39 is 0 Å². The van der Waals surface area contributed by atoms with Crippen LogP contribution in [0.4, 0.5) is 0 Å². The molecular weight excluding hydrogens is 298 g/mol. The Morgan fingerprint density at radius 2 is 1.91 bits per heavy atom. The quantitative estimate of drug-likeness (QED) is 0.872. The third kappa shape index (κ3) is 4.45. The van der Waals surface area contributed by atoms with Gasteiger partial charge < -0.3 is 10.2 Å². The van der Waals surface area contributed by atoms with Crippen LogP contribution in [0, 0.1) is 0 Å². The summed E-state index contributed by atoms with van der Waals surface area (Å²) in [5.74, 6) is 0.295. The number of carbonyl (C=O) groups excluding carboxylic acids is 1. The molecule has 0 bridgehead atoms. The lowest BCUT2D eigenvalue weighted by atomic mass is 10.2. The Morgan fingerprint density at radius 3 is 2.55 bits per heavy atom. The maximum absolute atomic E-state index is 12.3. The van der Waals surface area contributed by atoms with Crippen LogP contribution in [0.2, 0.25) is 5.02 Å². The minimum Gasteiger partial charge on any atom is -0.340 e. The van der Waals surface area contributed by atoms with Crippen molar-refractivity contribution in [3.05, 3.63) is 34.9 Å². The van der Waals surface area contributed by atoms with E-state index in [1.165, 1.54) is 18.4 Å². The molecule has 120 valence electrons. The number of hydrogen-bond acceptors (Lipinski definition) is 3. The summed E-state index contributed by atoms with van der Waals surface area (Å²) in [6.07, 6.45) is 3.15. The molecule has 22 heavy (non-hydrogen) atoms. The molecule has 1 heterocycles. The molecular formula is C17H24ClN3O. The molecule has 0 atom stereocenters. The van der Waals surface area contributed by atoms with E-state index in [1.54, 1.807) is 0 Å². The van der Waals surface area contributed by atoms with Gasteiger partial charge in [0, 0.05) is 56.8 Å². The van der Waals surface area contributed by atoms with Crippen molar-refractivity contribution < 1.29 is 4.79 Å². The molecule has 1 aliphatic heterocycles. The smallest absolute Gasteiger partial charge is 0.223 e. The van der Waals surface area contributed by atoms with Gasteiger partial charge in [-0.05, 0) is 30.5 Å². The molecule has 5 heteroatoms. The fourth-order valence-electron chi connectivity index (χ4n) is 2.97. The van der Waals surface area contributed by atoms with Gasteiger partial charge in [0.05, 0.1) is 0 Å². The first-order valence-electron chi connectivity index (χ1n) is 8.19. The largest absolute Gasteiger partial charge is 0.340 e. The first kappa shape index (κ1) is 15.8. The maximum Gasteiger partial charge on any atom is 0.223 e. The van der Waals surface area contributed by atoms with E-state index in [4.69, 9.17) is 11.6 Å². The van der Waals surface area contributed by atoms with Gasteiger partial charge in [0.2, 0.25) is 5.91 Å². The molecule has 0 aromatic heterocycles. The number of halogens is 1. The zero-order valence-electron chi connectivity index (χ0n) is 12.9. The van der Waals surface area contributed by atoms with E-state index in [2.05, 4.69) is 22.3 Å². The Bertz CT molecular complexity index is 495. The number of amides is 1. The normalized spacial score (nSPS) is 18.7.